The van der Waals surface area contributed by atoms with E-state index in [1.54, 1.807) is 7.11 Å². The van der Waals surface area contributed by atoms with Crippen LogP contribution in [0.4, 0.5) is 0 Å². The molecule has 0 bridgehead atoms. The molecule has 17 heavy (non-hydrogen) atoms. The van der Waals surface area contributed by atoms with Crippen molar-refractivity contribution in [3.05, 3.63) is 27.7 Å². The van der Waals surface area contributed by atoms with Crippen LogP contribution >= 0.6 is 15.9 Å². The van der Waals surface area contributed by atoms with E-state index in [-0.39, 0.29) is 0 Å². The van der Waals surface area contributed by atoms with E-state index in [9.17, 15) is 0 Å². The minimum absolute atomic E-state index is 0.820. The van der Waals surface area contributed by atoms with Gasteiger partial charge >= 0.3 is 0 Å². The number of piperidine rings is 1. The van der Waals surface area contributed by atoms with Gasteiger partial charge in [-0.05, 0) is 84.4 Å². The molecule has 1 fully saturated rings. The monoisotopic (exact) mass is 297 g/mol. The Bertz CT molecular complexity index is 386. The molecule has 0 unspecified atom stereocenters. The molecular weight excluding hydrogens is 278 g/mol. The van der Waals surface area contributed by atoms with Gasteiger partial charge < -0.3 is 10.1 Å². The number of halogens is 1. The third-order valence-corrected chi connectivity index (χ3v) is 4.20. The number of ether oxygens (including phenoxy) is 1. The van der Waals surface area contributed by atoms with Crippen LogP contribution in [0, 0.1) is 12.8 Å². The summed E-state index contributed by atoms with van der Waals surface area (Å²) in [6.07, 6.45) is 3.76. The molecule has 1 aliphatic heterocycles. The topological polar surface area (TPSA) is 21.3 Å². The second-order valence-corrected chi connectivity index (χ2v) is 5.67. The molecule has 1 aromatic carbocycles. The lowest BCUT2D eigenvalue weighted by molar-refractivity contribution is 0.370. The molecule has 0 aliphatic carbocycles. The fraction of sp³-hybridized carbons (Fsp3) is 0.571. The molecule has 1 aliphatic rings. The molecule has 0 amide bonds. The first kappa shape index (κ1) is 12.9. The highest BCUT2D eigenvalue weighted by Gasteiger charge is 2.15. The molecule has 0 spiro atoms. The van der Waals surface area contributed by atoms with Crippen LogP contribution in [0.1, 0.15) is 24.0 Å². The highest BCUT2D eigenvalue weighted by molar-refractivity contribution is 9.10. The minimum atomic E-state index is 0.820. The molecule has 0 aromatic heterocycles. The summed E-state index contributed by atoms with van der Waals surface area (Å²) in [7, 11) is 1.73. The van der Waals surface area contributed by atoms with Crippen molar-refractivity contribution in [2.24, 2.45) is 5.92 Å². The van der Waals surface area contributed by atoms with Crippen LogP contribution in [0.15, 0.2) is 16.6 Å². The lowest BCUT2D eigenvalue weighted by Gasteiger charge is -2.23. The van der Waals surface area contributed by atoms with E-state index in [0.29, 0.717) is 0 Å². The van der Waals surface area contributed by atoms with Crippen LogP contribution in [0.5, 0.6) is 5.75 Å². The Balaban J connectivity index is 2.13. The highest BCUT2D eigenvalue weighted by atomic mass is 79.9. The van der Waals surface area contributed by atoms with Gasteiger partial charge in [-0.2, -0.15) is 0 Å². The third kappa shape index (κ3) is 3.23. The van der Waals surface area contributed by atoms with Crippen LogP contribution in [-0.2, 0) is 6.42 Å². The number of hydrogen-bond donors (Lipinski definition) is 1. The van der Waals surface area contributed by atoms with Crippen molar-refractivity contribution in [3.8, 4) is 5.75 Å². The summed E-state index contributed by atoms with van der Waals surface area (Å²) < 4.78 is 6.42. The van der Waals surface area contributed by atoms with Crippen LogP contribution in [0.25, 0.3) is 0 Å². The first-order valence-corrected chi connectivity index (χ1v) is 7.03. The van der Waals surface area contributed by atoms with E-state index in [0.717, 1.165) is 29.2 Å². The molecule has 2 nitrogen and oxygen atoms in total. The molecule has 94 valence electrons. The van der Waals surface area contributed by atoms with Gasteiger partial charge in [0.15, 0.2) is 0 Å². The Hall–Kier alpha value is -0.540. The maximum Gasteiger partial charge on any atom is 0.133 e. The summed E-state index contributed by atoms with van der Waals surface area (Å²) in [5.41, 5.74) is 2.79. The average Bonchev–Trinajstić information content (AvgIpc) is 2.34. The number of nitrogens with one attached hydrogen (secondary N) is 1. The van der Waals surface area contributed by atoms with Gasteiger partial charge in [0.2, 0.25) is 0 Å². The fourth-order valence-electron chi connectivity index (χ4n) is 2.47. The lowest BCUT2D eigenvalue weighted by atomic mass is 9.89. The smallest absolute Gasteiger partial charge is 0.133 e. The Morgan fingerprint density at radius 1 is 1.35 bits per heavy atom. The molecule has 1 saturated heterocycles. The Labute approximate surface area is 112 Å². The van der Waals surface area contributed by atoms with Crippen molar-refractivity contribution < 1.29 is 4.74 Å². The standard InChI is InChI=1S/C14H20BrNO/c1-10-7-13(15)14(17-2)9-12(10)8-11-3-5-16-6-4-11/h7,9,11,16H,3-6,8H2,1-2H3. The molecule has 1 N–H and O–H groups in total. The lowest BCUT2D eigenvalue weighted by Crippen LogP contribution is -2.28. The minimum Gasteiger partial charge on any atom is -0.496 e. The van der Waals surface area contributed by atoms with Crippen LogP contribution in [0.2, 0.25) is 0 Å². The molecular formula is C14H20BrNO. The maximum atomic E-state index is 5.37. The molecule has 0 atom stereocenters. The molecule has 0 radical (unpaired) electrons. The molecule has 1 heterocycles. The van der Waals surface area contributed by atoms with Crippen molar-refractivity contribution in [1.82, 2.24) is 5.32 Å². The Morgan fingerprint density at radius 2 is 2.06 bits per heavy atom. The largest absolute Gasteiger partial charge is 0.496 e. The molecule has 2 rings (SSSR count). The van der Waals surface area contributed by atoms with Crippen LogP contribution < -0.4 is 10.1 Å². The number of hydrogen-bond acceptors (Lipinski definition) is 2. The molecule has 1 aromatic rings. The zero-order chi connectivity index (χ0) is 12.3. The van der Waals surface area contributed by atoms with Crippen molar-refractivity contribution in [2.45, 2.75) is 26.2 Å². The van der Waals surface area contributed by atoms with Crippen LogP contribution in [-0.4, -0.2) is 20.2 Å². The zero-order valence-corrected chi connectivity index (χ0v) is 12.1. The van der Waals surface area contributed by atoms with Crippen molar-refractivity contribution in [1.29, 1.82) is 0 Å². The molecule has 3 heteroatoms. The highest BCUT2D eigenvalue weighted by Crippen LogP contribution is 2.30. The van der Waals surface area contributed by atoms with Gasteiger partial charge in [0.25, 0.3) is 0 Å². The summed E-state index contributed by atoms with van der Waals surface area (Å²) in [5.74, 6) is 1.76. The van der Waals surface area contributed by atoms with Crippen LogP contribution in [0.3, 0.4) is 0 Å². The third-order valence-electron chi connectivity index (χ3n) is 3.58. The van der Waals surface area contributed by atoms with E-state index in [4.69, 9.17) is 4.74 Å². The number of rotatable bonds is 3. The summed E-state index contributed by atoms with van der Waals surface area (Å²) in [5, 5.41) is 3.41. The second-order valence-electron chi connectivity index (χ2n) is 4.81. The van der Waals surface area contributed by atoms with Gasteiger partial charge in [0, 0.05) is 0 Å². The average molecular weight is 298 g/mol. The van der Waals surface area contributed by atoms with Crippen molar-refractivity contribution >= 4 is 15.9 Å². The number of aryl methyl sites for hydroxylation is 1. The van der Waals surface area contributed by atoms with E-state index in [1.807, 2.05) is 0 Å². The van der Waals surface area contributed by atoms with Crippen molar-refractivity contribution in [2.75, 3.05) is 20.2 Å². The van der Waals surface area contributed by atoms with E-state index in [1.165, 1.54) is 30.4 Å². The molecule has 0 saturated carbocycles. The number of methoxy groups -OCH3 is 1. The number of benzene rings is 1. The first-order valence-electron chi connectivity index (χ1n) is 6.24. The quantitative estimate of drug-likeness (QED) is 0.924. The predicted octanol–water partition coefficient (Wildman–Crippen LogP) is 3.31. The zero-order valence-electron chi connectivity index (χ0n) is 10.6. The summed E-state index contributed by atoms with van der Waals surface area (Å²) in [4.78, 5) is 0. The van der Waals surface area contributed by atoms with E-state index >= 15 is 0 Å². The Morgan fingerprint density at radius 3 is 2.71 bits per heavy atom. The van der Waals surface area contributed by atoms with Gasteiger partial charge in [-0.1, -0.05) is 0 Å². The second kappa shape index (κ2) is 5.87. The van der Waals surface area contributed by atoms with Gasteiger partial charge in [-0.15, -0.1) is 0 Å². The maximum absolute atomic E-state index is 5.37. The van der Waals surface area contributed by atoms with Gasteiger partial charge in [-0.3, -0.25) is 0 Å². The van der Waals surface area contributed by atoms with Gasteiger partial charge in [0.1, 0.15) is 5.75 Å². The normalized spacial score (nSPS) is 17.1. The fourth-order valence-corrected chi connectivity index (χ4v) is 3.09. The summed E-state index contributed by atoms with van der Waals surface area (Å²) in [6, 6.07) is 4.34. The van der Waals surface area contributed by atoms with E-state index in [2.05, 4.69) is 40.3 Å². The van der Waals surface area contributed by atoms with Gasteiger partial charge in [0.05, 0.1) is 11.6 Å². The van der Waals surface area contributed by atoms with E-state index < -0.39 is 0 Å². The first-order chi connectivity index (χ1) is 8.20. The SMILES string of the molecule is COc1cc(CC2CCNCC2)c(C)cc1Br. The Kier molecular flexibility index (Phi) is 4.46. The van der Waals surface area contributed by atoms with Gasteiger partial charge in [-0.25, -0.2) is 0 Å². The van der Waals surface area contributed by atoms with Crippen molar-refractivity contribution in [3.63, 3.8) is 0 Å². The summed E-state index contributed by atoms with van der Waals surface area (Å²) in [6.45, 7) is 4.51. The summed E-state index contributed by atoms with van der Waals surface area (Å²) >= 11 is 3.53. The predicted molar refractivity (Wildman–Crippen MR) is 74.7 cm³/mol.